The van der Waals surface area contributed by atoms with Gasteiger partial charge in [0.15, 0.2) is 0 Å². The number of halogens is 2. The molecule has 4 nitrogen and oxygen atoms in total. The lowest BCUT2D eigenvalue weighted by Gasteiger charge is -2.34. The third kappa shape index (κ3) is 3.38. The molecule has 126 valence electrons. The monoisotopic (exact) mass is 324 g/mol. The fraction of sp³-hybridized carbons (Fsp3) is 0.588. The molecule has 2 atom stereocenters. The van der Waals surface area contributed by atoms with E-state index in [9.17, 15) is 13.6 Å². The van der Waals surface area contributed by atoms with Gasteiger partial charge in [0.1, 0.15) is 11.6 Å². The van der Waals surface area contributed by atoms with Crippen molar-refractivity contribution in [1.82, 2.24) is 9.80 Å². The minimum Gasteiger partial charge on any atom is -0.379 e. The topological polar surface area (TPSA) is 32.8 Å². The van der Waals surface area contributed by atoms with Crippen LogP contribution in [0.15, 0.2) is 18.2 Å². The molecule has 0 aromatic heterocycles. The first-order valence-corrected chi connectivity index (χ1v) is 8.16. The summed E-state index contributed by atoms with van der Waals surface area (Å²) in [6, 6.07) is 3.29. The highest BCUT2D eigenvalue weighted by atomic mass is 19.1. The minimum atomic E-state index is -0.667. The Hall–Kier alpha value is -1.53. The summed E-state index contributed by atoms with van der Waals surface area (Å²) < 4.78 is 32.6. The fourth-order valence-corrected chi connectivity index (χ4v) is 3.58. The largest absolute Gasteiger partial charge is 0.379 e. The maximum atomic E-state index is 13.9. The van der Waals surface area contributed by atoms with Crippen LogP contribution in [0.25, 0.3) is 0 Å². The highest BCUT2D eigenvalue weighted by Crippen LogP contribution is 2.27. The predicted molar refractivity (Wildman–Crippen MR) is 82.2 cm³/mol. The Morgan fingerprint density at radius 3 is 2.70 bits per heavy atom. The van der Waals surface area contributed by atoms with Crippen LogP contribution in [0.2, 0.25) is 0 Å². The van der Waals surface area contributed by atoms with Gasteiger partial charge < -0.3 is 9.64 Å². The van der Waals surface area contributed by atoms with Gasteiger partial charge in [0.25, 0.3) is 5.91 Å². The molecule has 2 saturated heterocycles. The first-order chi connectivity index (χ1) is 11.1. The molecule has 2 aliphatic heterocycles. The van der Waals surface area contributed by atoms with E-state index in [4.69, 9.17) is 4.74 Å². The number of hydrogen-bond acceptors (Lipinski definition) is 3. The zero-order valence-corrected chi connectivity index (χ0v) is 13.3. The van der Waals surface area contributed by atoms with Gasteiger partial charge in [-0.2, -0.15) is 0 Å². The number of ether oxygens (including phenoxy) is 1. The van der Waals surface area contributed by atoms with Gasteiger partial charge in [0, 0.05) is 32.2 Å². The van der Waals surface area contributed by atoms with Crippen molar-refractivity contribution in [1.29, 1.82) is 0 Å². The van der Waals surface area contributed by atoms with Gasteiger partial charge in [-0.3, -0.25) is 9.69 Å². The zero-order chi connectivity index (χ0) is 16.4. The van der Waals surface area contributed by atoms with E-state index in [1.165, 1.54) is 0 Å². The van der Waals surface area contributed by atoms with Crippen LogP contribution >= 0.6 is 0 Å². The fourth-order valence-electron chi connectivity index (χ4n) is 3.58. The predicted octanol–water partition coefficient (Wildman–Crippen LogP) is 2.15. The van der Waals surface area contributed by atoms with Gasteiger partial charge in [0.2, 0.25) is 0 Å². The maximum absolute atomic E-state index is 13.9. The number of benzene rings is 1. The molecule has 1 aromatic rings. The molecule has 1 amide bonds. The molecule has 2 heterocycles. The Kier molecular flexibility index (Phi) is 4.92. The van der Waals surface area contributed by atoms with E-state index < -0.39 is 17.5 Å². The molecular formula is C17H22F2N2O2. The highest BCUT2D eigenvalue weighted by Gasteiger charge is 2.38. The molecule has 23 heavy (non-hydrogen) atoms. The van der Waals surface area contributed by atoms with Crippen LogP contribution in [0.3, 0.4) is 0 Å². The summed E-state index contributed by atoms with van der Waals surface area (Å²) in [5, 5.41) is 0. The van der Waals surface area contributed by atoms with Gasteiger partial charge >= 0.3 is 0 Å². The summed E-state index contributed by atoms with van der Waals surface area (Å²) >= 11 is 0. The third-order valence-corrected chi connectivity index (χ3v) is 4.89. The van der Waals surface area contributed by atoms with Crippen LogP contribution in [0.5, 0.6) is 0 Å². The Morgan fingerprint density at radius 2 is 2.00 bits per heavy atom. The molecule has 0 saturated carbocycles. The molecule has 0 radical (unpaired) electrons. The van der Waals surface area contributed by atoms with E-state index in [-0.39, 0.29) is 11.6 Å². The molecule has 3 rings (SSSR count). The lowest BCUT2D eigenvalue weighted by atomic mass is 9.99. The molecule has 0 spiro atoms. The minimum absolute atomic E-state index is 0.178. The second-order valence-electron chi connectivity index (χ2n) is 6.22. The van der Waals surface area contributed by atoms with Crippen molar-refractivity contribution in [3.05, 3.63) is 35.4 Å². The molecule has 0 bridgehead atoms. The van der Waals surface area contributed by atoms with Crippen molar-refractivity contribution < 1.29 is 18.3 Å². The SMILES string of the molecule is CC[C@H]1CN(C(=O)c2cc(F)ccc2F)C[C@@H]1N1CCOCC1. The van der Waals surface area contributed by atoms with Gasteiger partial charge in [-0.1, -0.05) is 13.3 Å². The smallest absolute Gasteiger partial charge is 0.256 e. The van der Waals surface area contributed by atoms with Crippen molar-refractivity contribution in [3.8, 4) is 0 Å². The number of morpholine rings is 1. The van der Waals surface area contributed by atoms with E-state index in [1.807, 2.05) is 0 Å². The molecule has 0 unspecified atom stereocenters. The quantitative estimate of drug-likeness (QED) is 0.854. The maximum Gasteiger partial charge on any atom is 0.256 e. The first kappa shape index (κ1) is 16.3. The second-order valence-corrected chi connectivity index (χ2v) is 6.22. The van der Waals surface area contributed by atoms with Crippen molar-refractivity contribution in [3.63, 3.8) is 0 Å². The normalized spacial score (nSPS) is 25.8. The third-order valence-electron chi connectivity index (χ3n) is 4.89. The summed E-state index contributed by atoms with van der Waals surface area (Å²) in [5.74, 6) is -1.32. The van der Waals surface area contributed by atoms with Gasteiger partial charge in [-0.15, -0.1) is 0 Å². The first-order valence-electron chi connectivity index (χ1n) is 8.16. The van der Waals surface area contributed by atoms with Crippen molar-refractivity contribution in [2.45, 2.75) is 19.4 Å². The number of hydrogen-bond donors (Lipinski definition) is 0. The van der Waals surface area contributed by atoms with Crippen LogP contribution in [-0.2, 0) is 4.74 Å². The Labute approximate surface area is 135 Å². The number of likely N-dealkylation sites (tertiary alicyclic amines) is 1. The molecule has 6 heteroatoms. The van der Waals surface area contributed by atoms with Crippen molar-refractivity contribution in [2.24, 2.45) is 5.92 Å². The Morgan fingerprint density at radius 1 is 1.26 bits per heavy atom. The van der Waals surface area contributed by atoms with E-state index in [0.29, 0.717) is 32.2 Å². The summed E-state index contributed by atoms with van der Waals surface area (Å²) in [7, 11) is 0. The van der Waals surface area contributed by atoms with Crippen LogP contribution in [0.4, 0.5) is 8.78 Å². The van der Waals surface area contributed by atoms with Crippen LogP contribution in [0.1, 0.15) is 23.7 Å². The second kappa shape index (κ2) is 6.93. The summed E-state index contributed by atoms with van der Waals surface area (Å²) in [6.45, 7) is 6.39. The number of nitrogens with zero attached hydrogens (tertiary/aromatic N) is 2. The molecule has 2 fully saturated rings. The molecule has 2 aliphatic rings. The number of carbonyl (C=O) groups is 1. The highest BCUT2D eigenvalue weighted by molar-refractivity contribution is 5.94. The lowest BCUT2D eigenvalue weighted by molar-refractivity contribution is 0.0102. The lowest BCUT2D eigenvalue weighted by Crippen LogP contribution is -2.47. The average Bonchev–Trinajstić information content (AvgIpc) is 3.01. The van der Waals surface area contributed by atoms with E-state index in [1.54, 1.807) is 4.90 Å². The van der Waals surface area contributed by atoms with Crippen LogP contribution in [0, 0.1) is 17.6 Å². The number of carbonyl (C=O) groups excluding carboxylic acids is 1. The summed E-state index contributed by atoms with van der Waals surface area (Å²) in [4.78, 5) is 16.6. The summed E-state index contributed by atoms with van der Waals surface area (Å²) in [5.41, 5.74) is -0.178. The number of rotatable bonds is 3. The Balaban J connectivity index is 1.75. The molecule has 1 aromatic carbocycles. The van der Waals surface area contributed by atoms with Gasteiger partial charge in [-0.05, 0) is 24.1 Å². The zero-order valence-electron chi connectivity index (χ0n) is 13.3. The van der Waals surface area contributed by atoms with Gasteiger partial charge in [-0.25, -0.2) is 8.78 Å². The average molecular weight is 324 g/mol. The molecule has 0 aliphatic carbocycles. The molecular weight excluding hydrogens is 302 g/mol. The van der Waals surface area contributed by atoms with Crippen molar-refractivity contribution >= 4 is 5.91 Å². The number of amides is 1. The van der Waals surface area contributed by atoms with Gasteiger partial charge in [0.05, 0.1) is 18.8 Å². The Bertz CT molecular complexity index is 576. The van der Waals surface area contributed by atoms with Crippen LogP contribution in [-0.4, -0.2) is 61.1 Å². The summed E-state index contributed by atoms with van der Waals surface area (Å²) in [6.07, 6.45) is 0.956. The van der Waals surface area contributed by atoms with E-state index in [0.717, 1.165) is 37.7 Å². The van der Waals surface area contributed by atoms with Crippen LogP contribution < -0.4 is 0 Å². The van der Waals surface area contributed by atoms with Crippen molar-refractivity contribution in [2.75, 3.05) is 39.4 Å². The van der Waals surface area contributed by atoms with E-state index in [2.05, 4.69) is 11.8 Å². The standard InChI is InChI=1S/C17H22F2N2O2/c1-2-12-10-21(11-16(12)20-5-7-23-8-6-20)17(22)14-9-13(18)3-4-15(14)19/h3-4,9,12,16H,2,5-8,10-11H2,1H3/t12-,16-/m0/s1. The molecule has 0 N–H and O–H groups in total. The van der Waals surface area contributed by atoms with E-state index >= 15 is 0 Å².